The van der Waals surface area contributed by atoms with Crippen molar-refractivity contribution in [3.05, 3.63) is 70.3 Å². The molecule has 0 amide bonds. The van der Waals surface area contributed by atoms with Crippen molar-refractivity contribution in [2.24, 2.45) is 0 Å². The average molecular weight is 296 g/mol. The fraction of sp³-hybridized carbons (Fsp3) is 0.0625. The summed E-state index contributed by atoms with van der Waals surface area (Å²) in [5.41, 5.74) is 3.07. The summed E-state index contributed by atoms with van der Waals surface area (Å²) in [6.45, 7) is 0. The number of carboxylic acids is 1. The third kappa shape index (κ3) is 3.14. The summed E-state index contributed by atoms with van der Waals surface area (Å²) in [5, 5.41) is 12.0. The molecule has 0 aliphatic heterocycles. The van der Waals surface area contributed by atoms with Gasteiger partial charge in [-0.2, -0.15) is 0 Å². The van der Waals surface area contributed by atoms with Crippen LogP contribution in [0, 0.1) is 0 Å². The van der Waals surface area contributed by atoms with E-state index in [4.69, 9.17) is 5.11 Å². The Kier molecular flexibility index (Phi) is 3.75. The molecule has 21 heavy (non-hydrogen) atoms. The molecule has 3 rings (SSSR count). The number of nitrogens with zero attached hydrogens (tertiary/aromatic N) is 2. The van der Waals surface area contributed by atoms with Gasteiger partial charge < -0.3 is 5.11 Å². The molecule has 3 aromatic rings. The van der Waals surface area contributed by atoms with Crippen molar-refractivity contribution >= 4 is 17.3 Å². The molecule has 0 spiro atoms. The highest BCUT2D eigenvalue weighted by Crippen LogP contribution is 2.24. The standard InChI is InChI=1S/C16H12N2O2S/c19-16(20)13-3-1-2-12(9-13)14-10-21-15(18-14)8-11-4-6-17-7-5-11/h1-7,9-10H,8H2,(H,19,20). The zero-order valence-electron chi connectivity index (χ0n) is 11.1. The van der Waals surface area contributed by atoms with Gasteiger partial charge in [0.1, 0.15) is 0 Å². The van der Waals surface area contributed by atoms with Crippen LogP contribution in [0.5, 0.6) is 0 Å². The zero-order valence-corrected chi connectivity index (χ0v) is 11.9. The van der Waals surface area contributed by atoms with Crippen molar-refractivity contribution in [2.75, 3.05) is 0 Å². The van der Waals surface area contributed by atoms with Crippen LogP contribution in [0.3, 0.4) is 0 Å². The summed E-state index contributed by atoms with van der Waals surface area (Å²) in [6, 6.07) is 10.8. The first kappa shape index (κ1) is 13.5. The molecule has 1 N–H and O–H groups in total. The minimum absolute atomic E-state index is 0.274. The van der Waals surface area contributed by atoms with E-state index in [1.165, 1.54) is 0 Å². The molecule has 0 radical (unpaired) electrons. The van der Waals surface area contributed by atoms with Crippen molar-refractivity contribution < 1.29 is 9.90 Å². The Balaban J connectivity index is 1.85. The van der Waals surface area contributed by atoms with Crippen molar-refractivity contribution in [3.63, 3.8) is 0 Å². The molecule has 104 valence electrons. The molecular formula is C16H12N2O2S. The van der Waals surface area contributed by atoms with Crippen LogP contribution in [0.15, 0.2) is 54.2 Å². The first-order valence-electron chi connectivity index (χ1n) is 6.39. The lowest BCUT2D eigenvalue weighted by Gasteiger charge is -1.99. The lowest BCUT2D eigenvalue weighted by molar-refractivity contribution is 0.0697. The van der Waals surface area contributed by atoms with Gasteiger partial charge in [0.2, 0.25) is 0 Å². The van der Waals surface area contributed by atoms with Gasteiger partial charge in [-0.3, -0.25) is 4.98 Å². The summed E-state index contributed by atoms with van der Waals surface area (Å²) in [4.78, 5) is 19.6. The summed E-state index contributed by atoms with van der Waals surface area (Å²) < 4.78 is 0. The Morgan fingerprint density at radius 2 is 2.00 bits per heavy atom. The Bertz CT molecular complexity index is 769. The number of hydrogen-bond acceptors (Lipinski definition) is 4. The summed E-state index contributed by atoms with van der Waals surface area (Å²) >= 11 is 1.57. The molecule has 0 aliphatic carbocycles. The van der Waals surface area contributed by atoms with Gasteiger partial charge in [0.25, 0.3) is 0 Å². The van der Waals surface area contributed by atoms with E-state index in [0.717, 1.165) is 28.2 Å². The largest absolute Gasteiger partial charge is 0.478 e. The lowest BCUT2D eigenvalue weighted by Crippen LogP contribution is -1.95. The normalized spacial score (nSPS) is 10.5. The maximum Gasteiger partial charge on any atom is 0.335 e. The van der Waals surface area contributed by atoms with Gasteiger partial charge in [0, 0.05) is 29.8 Å². The molecule has 0 fully saturated rings. The van der Waals surface area contributed by atoms with Gasteiger partial charge in [0.15, 0.2) is 0 Å². The van der Waals surface area contributed by atoms with Crippen LogP contribution < -0.4 is 0 Å². The van der Waals surface area contributed by atoms with Gasteiger partial charge in [-0.25, -0.2) is 9.78 Å². The topological polar surface area (TPSA) is 63.1 Å². The summed E-state index contributed by atoms with van der Waals surface area (Å²) in [7, 11) is 0. The Morgan fingerprint density at radius 1 is 1.19 bits per heavy atom. The molecule has 4 nitrogen and oxygen atoms in total. The maximum atomic E-state index is 11.0. The molecule has 0 saturated carbocycles. The van der Waals surface area contributed by atoms with Crippen LogP contribution in [-0.4, -0.2) is 21.0 Å². The van der Waals surface area contributed by atoms with Crippen molar-refractivity contribution in [2.45, 2.75) is 6.42 Å². The molecule has 1 aromatic carbocycles. The zero-order chi connectivity index (χ0) is 14.7. The van der Waals surface area contributed by atoms with E-state index in [-0.39, 0.29) is 5.56 Å². The van der Waals surface area contributed by atoms with E-state index in [9.17, 15) is 4.79 Å². The van der Waals surface area contributed by atoms with Gasteiger partial charge in [0.05, 0.1) is 16.3 Å². The van der Waals surface area contributed by atoms with E-state index in [2.05, 4.69) is 9.97 Å². The number of aromatic carboxylic acids is 1. The highest BCUT2D eigenvalue weighted by Gasteiger charge is 2.08. The van der Waals surface area contributed by atoms with E-state index in [1.54, 1.807) is 41.9 Å². The molecule has 0 atom stereocenters. The van der Waals surface area contributed by atoms with Crippen LogP contribution in [0.2, 0.25) is 0 Å². The molecule has 0 unspecified atom stereocenters. The number of aromatic nitrogens is 2. The predicted molar refractivity (Wildman–Crippen MR) is 81.6 cm³/mol. The fourth-order valence-electron chi connectivity index (χ4n) is 2.01. The minimum Gasteiger partial charge on any atom is -0.478 e. The van der Waals surface area contributed by atoms with Crippen molar-refractivity contribution in [1.29, 1.82) is 0 Å². The lowest BCUT2D eigenvalue weighted by atomic mass is 10.1. The molecule has 0 aliphatic rings. The van der Waals surface area contributed by atoms with Gasteiger partial charge in [-0.15, -0.1) is 11.3 Å². The van der Waals surface area contributed by atoms with E-state index in [1.807, 2.05) is 23.6 Å². The first-order chi connectivity index (χ1) is 10.2. The van der Waals surface area contributed by atoms with E-state index < -0.39 is 5.97 Å². The number of benzene rings is 1. The van der Waals surface area contributed by atoms with E-state index in [0.29, 0.717) is 0 Å². The third-order valence-electron chi connectivity index (χ3n) is 3.06. The highest BCUT2D eigenvalue weighted by molar-refractivity contribution is 7.10. The van der Waals surface area contributed by atoms with Crippen LogP contribution in [0.1, 0.15) is 20.9 Å². The molecular weight excluding hydrogens is 284 g/mol. The second-order valence-electron chi connectivity index (χ2n) is 4.54. The molecule has 2 aromatic heterocycles. The molecule has 0 saturated heterocycles. The number of thiazole rings is 1. The monoisotopic (exact) mass is 296 g/mol. The van der Waals surface area contributed by atoms with E-state index >= 15 is 0 Å². The fourth-order valence-corrected chi connectivity index (χ4v) is 2.85. The van der Waals surface area contributed by atoms with Crippen LogP contribution in [0.25, 0.3) is 11.3 Å². The second kappa shape index (κ2) is 5.85. The summed E-state index contributed by atoms with van der Waals surface area (Å²) in [6.07, 6.45) is 4.28. The van der Waals surface area contributed by atoms with Crippen LogP contribution in [0.4, 0.5) is 0 Å². The third-order valence-corrected chi connectivity index (χ3v) is 3.91. The van der Waals surface area contributed by atoms with Crippen molar-refractivity contribution in [1.82, 2.24) is 9.97 Å². The maximum absolute atomic E-state index is 11.0. The Labute approximate surface area is 125 Å². The van der Waals surface area contributed by atoms with Crippen LogP contribution >= 0.6 is 11.3 Å². The minimum atomic E-state index is -0.927. The van der Waals surface area contributed by atoms with Gasteiger partial charge in [-0.05, 0) is 29.8 Å². The number of rotatable bonds is 4. The SMILES string of the molecule is O=C(O)c1cccc(-c2csc(Cc3ccncc3)n2)c1. The Hall–Kier alpha value is -2.53. The second-order valence-corrected chi connectivity index (χ2v) is 5.49. The number of carbonyl (C=O) groups is 1. The molecule has 5 heteroatoms. The Morgan fingerprint density at radius 3 is 2.76 bits per heavy atom. The predicted octanol–water partition coefficient (Wildman–Crippen LogP) is 3.49. The first-order valence-corrected chi connectivity index (χ1v) is 7.27. The average Bonchev–Trinajstić information content (AvgIpc) is 2.97. The number of pyridine rings is 1. The highest BCUT2D eigenvalue weighted by atomic mass is 32.1. The number of hydrogen-bond donors (Lipinski definition) is 1. The van der Waals surface area contributed by atoms with Crippen molar-refractivity contribution in [3.8, 4) is 11.3 Å². The molecule has 2 heterocycles. The summed E-state index contributed by atoms with van der Waals surface area (Å²) in [5.74, 6) is -0.927. The smallest absolute Gasteiger partial charge is 0.335 e. The molecule has 0 bridgehead atoms. The number of carboxylic acid groups (broad SMARTS) is 1. The van der Waals surface area contributed by atoms with Gasteiger partial charge in [-0.1, -0.05) is 12.1 Å². The van der Waals surface area contributed by atoms with Gasteiger partial charge >= 0.3 is 5.97 Å². The van der Waals surface area contributed by atoms with Crippen LogP contribution in [-0.2, 0) is 6.42 Å². The quantitative estimate of drug-likeness (QED) is 0.800.